The summed E-state index contributed by atoms with van der Waals surface area (Å²) in [7, 11) is 0. The molecule has 2 N–H and O–H groups in total. The number of halogens is 5. The van der Waals surface area contributed by atoms with E-state index >= 15 is 0 Å². The Morgan fingerprint density at radius 1 is 0.867 bits per heavy atom. The number of amides is 2. The van der Waals surface area contributed by atoms with Crippen molar-refractivity contribution in [2.24, 2.45) is 0 Å². The molecule has 0 bridgehead atoms. The molecule has 0 spiro atoms. The molecule has 1 aliphatic rings. The number of urea groups is 1. The Hall–Kier alpha value is -4.71. The molecule has 12 heteroatoms. The van der Waals surface area contributed by atoms with E-state index in [0.29, 0.717) is 26.2 Å². The summed E-state index contributed by atoms with van der Waals surface area (Å²) < 4.78 is 69.1. The molecule has 2 heterocycles. The standard InChI is InChI=1S/C33H32F5N5O2/c34-25-9-5-23(6-10-25)29(24-7-11-26(35)12-8-24)3-2-18-41-19-21-42(22-20-41)32(44)43(31-30(39)4-1-17-40-31)27-13-15-28(16-14-27)45-33(36,37)38/h1,4-17,29H,2-3,18-22,39H2. The van der Waals surface area contributed by atoms with Crippen LogP contribution in [0.5, 0.6) is 5.75 Å². The van der Waals surface area contributed by atoms with Crippen LogP contribution >= 0.6 is 0 Å². The molecule has 0 aliphatic carbocycles. The summed E-state index contributed by atoms with van der Waals surface area (Å²) in [6.07, 6.45) is -1.78. The van der Waals surface area contributed by atoms with Gasteiger partial charge in [0.05, 0.1) is 11.4 Å². The van der Waals surface area contributed by atoms with Crippen LogP contribution in [0, 0.1) is 11.6 Å². The van der Waals surface area contributed by atoms with Crippen LogP contribution in [0.25, 0.3) is 0 Å². The van der Waals surface area contributed by atoms with Gasteiger partial charge in [0.15, 0.2) is 5.82 Å². The lowest BCUT2D eigenvalue weighted by atomic mass is 9.87. The van der Waals surface area contributed by atoms with Crippen molar-refractivity contribution >= 4 is 23.2 Å². The molecular formula is C33H32F5N5O2. The third-order valence-electron chi connectivity index (χ3n) is 7.70. The van der Waals surface area contributed by atoms with Gasteiger partial charge in [-0.05, 0) is 91.2 Å². The number of hydrogen-bond donors (Lipinski definition) is 1. The van der Waals surface area contributed by atoms with Gasteiger partial charge in [-0.15, -0.1) is 13.2 Å². The minimum atomic E-state index is -4.84. The highest BCUT2D eigenvalue weighted by Gasteiger charge is 2.32. The third kappa shape index (κ3) is 8.27. The fourth-order valence-electron chi connectivity index (χ4n) is 5.46. The van der Waals surface area contributed by atoms with Gasteiger partial charge in [-0.3, -0.25) is 4.90 Å². The first-order valence-electron chi connectivity index (χ1n) is 14.5. The maximum Gasteiger partial charge on any atom is 0.573 e. The van der Waals surface area contributed by atoms with Crippen LogP contribution in [0.4, 0.5) is 43.9 Å². The number of piperazine rings is 1. The number of hydrogen-bond acceptors (Lipinski definition) is 5. The maximum atomic E-state index is 13.8. The van der Waals surface area contributed by atoms with Crippen LogP contribution in [-0.2, 0) is 0 Å². The molecule has 45 heavy (non-hydrogen) atoms. The Labute approximate surface area is 257 Å². The van der Waals surface area contributed by atoms with Crippen LogP contribution in [-0.4, -0.2) is 59.9 Å². The minimum absolute atomic E-state index is 0.0284. The van der Waals surface area contributed by atoms with Crippen molar-refractivity contribution in [1.82, 2.24) is 14.8 Å². The highest BCUT2D eigenvalue weighted by molar-refractivity contribution is 6.01. The van der Waals surface area contributed by atoms with Crippen molar-refractivity contribution in [1.29, 1.82) is 0 Å². The number of benzene rings is 3. The SMILES string of the molecule is Nc1cccnc1N(C(=O)N1CCN(CCCC(c2ccc(F)cc2)c2ccc(F)cc2)CC1)c1ccc(OC(F)(F)F)cc1. The van der Waals surface area contributed by atoms with E-state index in [1.807, 2.05) is 0 Å². The second-order valence-corrected chi connectivity index (χ2v) is 10.7. The molecule has 0 atom stereocenters. The van der Waals surface area contributed by atoms with E-state index in [4.69, 9.17) is 5.73 Å². The Morgan fingerprint density at radius 2 is 1.44 bits per heavy atom. The number of carbonyl (C=O) groups excluding carboxylic acids is 1. The largest absolute Gasteiger partial charge is 0.573 e. The molecule has 7 nitrogen and oxygen atoms in total. The van der Waals surface area contributed by atoms with Crippen molar-refractivity contribution in [3.8, 4) is 5.75 Å². The summed E-state index contributed by atoms with van der Waals surface area (Å²) in [5.41, 5.74) is 8.56. The van der Waals surface area contributed by atoms with Crippen molar-refractivity contribution in [3.05, 3.63) is 114 Å². The first-order chi connectivity index (χ1) is 21.6. The summed E-state index contributed by atoms with van der Waals surface area (Å²) >= 11 is 0. The lowest BCUT2D eigenvalue weighted by Crippen LogP contribution is -2.52. The maximum absolute atomic E-state index is 13.8. The monoisotopic (exact) mass is 625 g/mol. The van der Waals surface area contributed by atoms with Gasteiger partial charge in [0, 0.05) is 38.3 Å². The Bertz CT molecular complexity index is 1510. The number of aromatic nitrogens is 1. The van der Waals surface area contributed by atoms with E-state index in [0.717, 1.165) is 42.6 Å². The van der Waals surface area contributed by atoms with Crippen molar-refractivity contribution < 1.29 is 31.5 Å². The number of pyridine rings is 1. The van der Waals surface area contributed by atoms with Crippen LogP contribution in [0.15, 0.2) is 91.1 Å². The van der Waals surface area contributed by atoms with E-state index in [-0.39, 0.29) is 34.7 Å². The Kier molecular flexibility index (Phi) is 9.82. The van der Waals surface area contributed by atoms with Crippen LogP contribution in [0.1, 0.15) is 29.9 Å². The number of rotatable bonds is 9. The molecule has 4 aromatic rings. The van der Waals surface area contributed by atoms with Gasteiger partial charge < -0.3 is 15.4 Å². The summed E-state index contributed by atoms with van der Waals surface area (Å²) in [6, 6.07) is 20.5. The average Bonchev–Trinajstić information content (AvgIpc) is 3.02. The van der Waals surface area contributed by atoms with Crippen LogP contribution in [0.2, 0.25) is 0 Å². The average molecular weight is 626 g/mol. The highest BCUT2D eigenvalue weighted by Crippen LogP contribution is 2.33. The zero-order valence-corrected chi connectivity index (χ0v) is 24.3. The van der Waals surface area contributed by atoms with Crippen LogP contribution in [0.3, 0.4) is 0 Å². The second-order valence-electron chi connectivity index (χ2n) is 10.7. The van der Waals surface area contributed by atoms with Crippen molar-refractivity contribution in [3.63, 3.8) is 0 Å². The quantitative estimate of drug-likeness (QED) is 0.197. The molecule has 0 radical (unpaired) electrons. The number of carbonyl (C=O) groups is 1. The number of nitrogens with zero attached hydrogens (tertiary/aromatic N) is 4. The zero-order valence-electron chi connectivity index (χ0n) is 24.3. The fraction of sp³-hybridized carbons (Fsp3) is 0.273. The molecule has 1 saturated heterocycles. The van der Waals surface area contributed by atoms with E-state index in [9.17, 15) is 26.7 Å². The second kappa shape index (κ2) is 13.9. The van der Waals surface area contributed by atoms with Gasteiger partial charge in [-0.1, -0.05) is 24.3 Å². The first kappa shape index (κ1) is 31.7. The van der Waals surface area contributed by atoms with Gasteiger partial charge in [0.1, 0.15) is 17.4 Å². The summed E-state index contributed by atoms with van der Waals surface area (Å²) in [6.45, 7) is 2.80. The van der Waals surface area contributed by atoms with Gasteiger partial charge >= 0.3 is 12.4 Å². The third-order valence-corrected chi connectivity index (χ3v) is 7.70. The number of nitrogen functional groups attached to an aromatic ring is 1. The molecule has 236 valence electrons. The molecule has 2 amide bonds. The lowest BCUT2D eigenvalue weighted by Gasteiger charge is -2.37. The van der Waals surface area contributed by atoms with Crippen molar-refractivity contribution in [2.75, 3.05) is 43.4 Å². The van der Waals surface area contributed by atoms with Crippen LogP contribution < -0.4 is 15.4 Å². The summed E-state index contributed by atoms with van der Waals surface area (Å²) in [5, 5.41) is 0. The molecule has 0 unspecified atom stereocenters. The topological polar surface area (TPSA) is 74.9 Å². The smallest absolute Gasteiger partial charge is 0.406 e. The molecule has 1 aliphatic heterocycles. The number of anilines is 3. The van der Waals surface area contributed by atoms with Gasteiger partial charge in [0.2, 0.25) is 0 Å². The highest BCUT2D eigenvalue weighted by atomic mass is 19.4. The molecule has 0 saturated carbocycles. The minimum Gasteiger partial charge on any atom is -0.406 e. The van der Waals surface area contributed by atoms with Gasteiger partial charge in [-0.2, -0.15) is 0 Å². The fourth-order valence-corrected chi connectivity index (χ4v) is 5.46. The molecule has 3 aromatic carbocycles. The number of alkyl halides is 3. The Morgan fingerprint density at radius 3 is 1.98 bits per heavy atom. The van der Waals surface area contributed by atoms with E-state index in [2.05, 4.69) is 14.6 Å². The lowest BCUT2D eigenvalue weighted by molar-refractivity contribution is -0.274. The van der Waals surface area contributed by atoms with Gasteiger partial charge in [0.25, 0.3) is 0 Å². The number of ether oxygens (including phenoxy) is 1. The summed E-state index contributed by atoms with van der Waals surface area (Å²) in [4.78, 5) is 23.3. The molecule has 1 fully saturated rings. The molecular weight excluding hydrogens is 593 g/mol. The van der Waals surface area contributed by atoms with E-state index < -0.39 is 18.1 Å². The number of nitrogens with two attached hydrogens (primary N) is 1. The first-order valence-corrected chi connectivity index (χ1v) is 14.5. The van der Waals surface area contributed by atoms with Gasteiger partial charge in [-0.25, -0.2) is 23.5 Å². The zero-order chi connectivity index (χ0) is 32.0. The Balaban J connectivity index is 1.23. The predicted octanol–water partition coefficient (Wildman–Crippen LogP) is 7.33. The normalized spacial score (nSPS) is 14.0. The van der Waals surface area contributed by atoms with Crippen molar-refractivity contribution in [2.45, 2.75) is 25.1 Å². The van der Waals surface area contributed by atoms with E-state index in [1.165, 1.54) is 47.5 Å². The predicted molar refractivity (Wildman–Crippen MR) is 161 cm³/mol. The summed E-state index contributed by atoms with van der Waals surface area (Å²) in [5.74, 6) is -0.912. The van der Waals surface area contributed by atoms with E-state index in [1.54, 1.807) is 41.3 Å². The molecule has 5 rings (SSSR count). The molecule has 1 aromatic heterocycles.